The Kier molecular flexibility index (Phi) is 13.4. The normalized spacial score (nSPS) is 44.0. The van der Waals surface area contributed by atoms with Gasteiger partial charge in [-0.15, -0.1) is 0 Å². The number of rotatable bonds is 13. The zero-order valence-corrected chi connectivity index (χ0v) is 34.0. The lowest BCUT2D eigenvalue weighted by Crippen LogP contribution is -2.59. The Morgan fingerprint density at radius 3 is 2.06 bits per heavy atom. The van der Waals surface area contributed by atoms with Gasteiger partial charge in [0.2, 0.25) is 12.6 Å². The maximum absolute atomic E-state index is 13.9. The Labute approximate surface area is 318 Å². The number of fused-ring (bicyclic) bond motifs is 5. The topological polar surface area (TPSA) is 242 Å². The van der Waals surface area contributed by atoms with E-state index in [4.69, 9.17) is 27.4 Å². The second kappa shape index (κ2) is 16.6. The Morgan fingerprint density at radius 1 is 0.815 bits per heavy atom. The first-order chi connectivity index (χ1) is 25.0. The van der Waals surface area contributed by atoms with Gasteiger partial charge in [-0.25, -0.2) is 8.75 Å². The molecular weight excluding hydrogens is 751 g/mol. The molecule has 0 bridgehead atoms. The van der Waals surface area contributed by atoms with Crippen molar-refractivity contribution in [3.05, 3.63) is 0 Å². The Morgan fingerprint density at radius 2 is 1.44 bits per heavy atom. The summed E-state index contributed by atoms with van der Waals surface area (Å²) in [6.45, 7) is 13.5. The lowest BCUT2D eigenvalue weighted by Gasteiger charge is -2.62. The van der Waals surface area contributed by atoms with Crippen molar-refractivity contribution >= 4 is 30.2 Å². The fraction of sp³-hybridized carbons (Fsp3) is 0.944. The number of phosphoric acid groups is 1. The van der Waals surface area contributed by atoms with Gasteiger partial charge in [0.1, 0.15) is 24.4 Å². The van der Waals surface area contributed by atoms with Gasteiger partial charge in [0.25, 0.3) is 0 Å². The molecule has 54 heavy (non-hydrogen) atoms. The molecule has 17 unspecified atom stereocenters. The second-order valence-corrected chi connectivity index (χ2v) is 20.0. The number of aliphatic hydroxyl groups excluding tert-OH is 3. The van der Waals surface area contributed by atoms with E-state index in [0.717, 1.165) is 39.0 Å². The first kappa shape index (κ1) is 43.9. The molecule has 1 aliphatic heterocycles. The van der Waals surface area contributed by atoms with Crippen molar-refractivity contribution in [1.29, 1.82) is 0 Å². The van der Waals surface area contributed by atoms with Gasteiger partial charge in [-0.3, -0.25) is 23.2 Å². The van der Waals surface area contributed by atoms with Crippen molar-refractivity contribution in [2.75, 3.05) is 0 Å². The van der Waals surface area contributed by atoms with Crippen LogP contribution in [0, 0.1) is 52.3 Å². The summed E-state index contributed by atoms with van der Waals surface area (Å²) in [7, 11) is -10.00. The van der Waals surface area contributed by atoms with E-state index < -0.39 is 78.6 Å². The van der Waals surface area contributed by atoms with Gasteiger partial charge in [0.05, 0.1) is 12.2 Å². The van der Waals surface area contributed by atoms with Gasteiger partial charge in [-0.05, 0) is 91.3 Å². The summed E-state index contributed by atoms with van der Waals surface area (Å²) >= 11 is 0. The van der Waals surface area contributed by atoms with E-state index in [1.165, 1.54) is 6.92 Å². The molecule has 16 nitrogen and oxygen atoms in total. The third kappa shape index (κ3) is 9.38. The number of phosphoric ester groups is 1. The summed E-state index contributed by atoms with van der Waals surface area (Å²) in [6.07, 6.45) is -5.42. The molecule has 4 aliphatic carbocycles. The van der Waals surface area contributed by atoms with Crippen molar-refractivity contribution in [3.8, 4) is 0 Å². The van der Waals surface area contributed by atoms with E-state index in [1.807, 2.05) is 0 Å². The summed E-state index contributed by atoms with van der Waals surface area (Å²) in [5.41, 5.74) is -0.757. The first-order valence-corrected chi connectivity index (χ1v) is 22.2. The molecule has 5 aliphatic rings. The minimum atomic E-state index is -5.20. The van der Waals surface area contributed by atoms with Gasteiger partial charge in [-0.2, -0.15) is 8.42 Å². The molecule has 0 amide bonds. The fourth-order valence-corrected chi connectivity index (χ4v) is 13.1. The molecular formula is C36H61O16PS. The van der Waals surface area contributed by atoms with Crippen molar-refractivity contribution in [1.82, 2.24) is 0 Å². The molecule has 1 saturated heterocycles. The third-order valence-corrected chi connectivity index (χ3v) is 15.2. The number of ether oxygens (including phenoxy) is 3. The van der Waals surface area contributed by atoms with Crippen LogP contribution in [0.5, 0.6) is 0 Å². The molecule has 17 atom stereocenters. The molecule has 312 valence electrons. The summed E-state index contributed by atoms with van der Waals surface area (Å²) in [6, 6.07) is 0. The molecule has 0 radical (unpaired) electrons. The molecule has 0 aromatic carbocycles. The van der Waals surface area contributed by atoms with E-state index in [0.29, 0.717) is 25.2 Å². The highest BCUT2D eigenvalue weighted by Gasteiger charge is 2.66. The predicted octanol–water partition coefficient (Wildman–Crippen LogP) is 4.28. The number of esters is 2. The number of carbonyl (C=O) groups excluding carboxylic acids is 2. The molecule has 5 rings (SSSR count). The predicted molar refractivity (Wildman–Crippen MR) is 190 cm³/mol. The molecule has 5 N–H and O–H groups in total. The summed E-state index contributed by atoms with van der Waals surface area (Å²) in [5, 5.41) is 31.3. The van der Waals surface area contributed by atoms with E-state index in [9.17, 15) is 47.3 Å². The summed E-state index contributed by atoms with van der Waals surface area (Å²) < 4.78 is 79.5. The number of carbonyl (C=O) groups is 2. The maximum atomic E-state index is 13.9. The minimum Gasteiger partial charge on any atom is -0.462 e. The van der Waals surface area contributed by atoms with Crippen molar-refractivity contribution < 1.29 is 74.8 Å². The van der Waals surface area contributed by atoms with Crippen LogP contribution in [0.15, 0.2) is 0 Å². The van der Waals surface area contributed by atoms with Crippen molar-refractivity contribution in [2.45, 2.75) is 162 Å². The number of hydrogen-bond donors (Lipinski definition) is 5. The summed E-state index contributed by atoms with van der Waals surface area (Å²) in [5.74, 6) is -0.746. The molecule has 0 aromatic rings. The lowest BCUT2D eigenvalue weighted by molar-refractivity contribution is -0.327. The number of hydrogen-bond acceptors (Lipinski definition) is 14. The molecule has 0 aromatic heterocycles. The average Bonchev–Trinajstić information content (AvgIpc) is 3.32. The van der Waals surface area contributed by atoms with E-state index in [2.05, 4.69) is 34.6 Å². The number of aliphatic hydroxyl groups is 3. The maximum Gasteiger partial charge on any atom is 0.474 e. The lowest BCUT2D eigenvalue weighted by atomic mass is 9.43. The largest absolute Gasteiger partial charge is 0.474 e. The summed E-state index contributed by atoms with van der Waals surface area (Å²) in [4.78, 5) is 35.3. The van der Waals surface area contributed by atoms with Gasteiger partial charge < -0.3 is 34.4 Å². The second-order valence-electron chi connectivity index (χ2n) is 17.6. The highest BCUT2D eigenvalue weighted by atomic mass is 32.3. The minimum absolute atomic E-state index is 0.0532. The standard InChI is InChI=1S/C36H61O16PS/c1-18(2)9-8-10-19(3)29-28(47-20(4)37)17-25-23-16-27(50-53(42,43)51-34-32(41)30(39)31(40)33(49-34)48-21(5)38)26-15-22(52-54(44,45)46)11-13-35(26,6)24(23)12-14-36(25,29)7/h18-19,22-34,39-41H,8-17H2,1-7H3,(H,42,43)(H,44,45,46). The Bertz CT molecular complexity index is 1510. The van der Waals surface area contributed by atoms with Crippen molar-refractivity contribution in [2.24, 2.45) is 52.3 Å². The monoisotopic (exact) mass is 812 g/mol. The van der Waals surface area contributed by atoms with Crippen LogP contribution in [0.1, 0.15) is 113 Å². The van der Waals surface area contributed by atoms with Crippen LogP contribution in [-0.4, -0.2) is 94.3 Å². The van der Waals surface area contributed by atoms with Gasteiger partial charge in [0.15, 0.2) is 0 Å². The van der Waals surface area contributed by atoms with Crippen LogP contribution in [0.25, 0.3) is 0 Å². The molecule has 4 saturated carbocycles. The van der Waals surface area contributed by atoms with E-state index in [1.54, 1.807) is 0 Å². The van der Waals surface area contributed by atoms with Crippen LogP contribution >= 0.6 is 7.82 Å². The average molecular weight is 813 g/mol. The third-order valence-electron chi connectivity index (χ3n) is 13.6. The van der Waals surface area contributed by atoms with Gasteiger partial charge in [-0.1, -0.05) is 53.9 Å². The van der Waals surface area contributed by atoms with Crippen LogP contribution in [-0.2, 0) is 52.0 Å². The Balaban J connectivity index is 1.46. The van der Waals surface area contributed by atoms with Crippen LogP contribution < -0.4 is 0 Å². The molecule has 5 fully saturated rings. The van der Waals surface area contributed by atoms with E-state index in [-0.39, 0.29) is 59.9 Å². The van der Waals surface area contributed by atoms with Crippen LogP contribution in [0.2, 0.25) is 0 Å². The van der Waals surface area contributed by atoms with E-state index >= 15 is 0 Å². The fourth-order valence-electron chi connectivity index (χ4n) is 11.5. The molecule has 18 heteroatoms. The SMILES string of the molecule is CC(=O)OC1CC2C3CC(OP(=O)(O)OC4OC(OC(C)=O)C(O)C(O)C4O)C4CC(OS(=O)(=O)O)CCC4(C)C3CCC2(C)C1C(C)CCCC(C)C. The smallest absolute Gasteiger partial charge is 0.462 e. The quantitative estimate of drug-likeness (QED) is 0.0990. The highest BCUT2D eigenvalue weighted by Crippen LogP contribution is 2.70. The van der Waals surface area contributed by atoms with Gasteiger partial charge in [0, 0.05) is 19.8 Å². The van der Waals surface area contributed by atoms with Crippen LogP contribution in [0.4, 0.5) is 0 Å². The molecule has 1 heterocycles. The first-order valence-electron chi connectivity index (χ1n) is 19.3. The van der Waals surface area contributed by atoms with Gasteiger partial charge >= 0.3 is 30.2 Å². The van der Waals surface area contributed by atoms with Crippen LogP contribution in [0.3, 0.4) is 0 Å². The molecule has 0 spiro atoms. The highest BCUT2D eigenvalue weighted by molar-refractivity contribution is 7.80. The zero-order valence-electron chi connectivity index (χ0n) is 32.3. The zero-order chi connectivity index (χ0) is 40.1. The Hall–Kier alpha value is -1.24. The van der Waals surface area contributed by atoms with Crippen molar-refractivity contribution in [3.63, 3.8) is 0 Å².